The van der Waals surface area contributed by atoms with Crippen molar-refractivity contribution in [2.24, 2.45) is 0 Å². The third-order valence-electron chi connectivity index (χ3n) is 1.18. The first-order valence-electron chi connectivity index (χ1n) is 4.82. The molecule has 1 fully saturated rings. The molecule has 0 aliphatic carbocycles. The van der Waals surface area contributed by atoms with Crippen LogP contribution in [0.3, 0.4) is 0 Å². The van der Waals surface area contributed by atoms with Crippen molar-refractivity contribution in [2.45, 2.75) is 33.8 Å². The first-order chi connectivity index (χ1) is 6.33. The molecule has 1 aliphatic rings. The summed E-state index contributed by atoms with van der Waals surface area (Å²) in [7, 11) is 0. The second kappa shape index (κ2) is 11.4. The lowest BCUT2D eigenvalue weighted by atomic mass is 10.3. The highest BCUT2D eigenvalue weighted by atomic mass is 16.5. The van der Waals surface area contributed by atoms with Gasteiger partial charge in [-0.1, -0.05) is 27.7 Å². The maximum atomic E-state index is 10.4. The zero-order chi connectivity index (χ0) is 10.7. The molecule has 0 radical (unpaired) electrons. The van der Waals surface area contributed by atoms with Crippen molar-refractivity contribution in [2.75, 3.05) is 19.8 Å². The van der Waals surface area contributed by atoms with Gasteiger partial charge in [-0.2, -0.15) is 0 Å². The van der Waals surface area contributed by atoms with E-state index >= 15 is 0 Å². The van der Waals surface area contributed by atoms with E-state index in [2.05, 4.69) is 5.32 Å². The Bertz CT molecular complexity index is 107. The summed E-state index contributed by atoms with van der Waals surface area (Å²) in [5.41, 5.74) is 0. The Labute approximate surface area is 80.3 Å². The number of aliphatic hydroxyl groups excluding tert-OH is 1. The Kier molecular flexibility index (Phi) is 13.0. The van der Waals surface area contributed by atoms with Gasteiger partial charge in [0.25, 0.3) is 0 Å². The van der Waals surface area contributed by atoms with Gasteiger partial charge in [0.1, 0.15) is 6.61 Å². The number of amides is 1. The molecule has 0 saturated carbocycles. The van der Waals surface area contributed by atoms with E-state index in [-0.39, 0.29) is 25.2 Å². The quantitative estimate of drug-likeness (QED) is 0.636. The number of nitrogens with one attached hydrogen (secondary N) is 1. The molecule has 1 amide bonds. The van der Waals surface area contributed by atoms with Gasteiger partial charge in [-0.05, 0) is 0 Å². The Morgan fingerprint density at radius 2 is 2.00 bits per heavy atom. The lowest BCUT2D eigenvalue weighted by Crippen LogP contribution is -2.44. The fourth-order valence-corrected chi connectivity index (χ4v) is 0.648. The molecule has 1 unspecified atom stereocenters. The van der Waals surface area contributed by atoms with Gasteiger partial charge in [0.05, 0.1) is 12.7 Å². The Morgan fingerprint density at radius 1 is 1.46 bits per heavy atom. The molecule has 0 spiro atoms. The van der Waals surface area contributed by atoms with Crippen molar-refractivity contribution in [3.05, 3.63) is 0 Å². The summed E-state index contributed by atoms with van der Waals surface area (Å²) >= 11 is 0. The number of carbonyl (C=O) groups excluding carboxylic acids is 1. The standard InChI is InChI=1S/C5H9NO3.2C2H6/c7-2-4-1-6-5(8)3-9-4;2*1-2/h4,7H,1-3H2,(H,6,8);2*1-2H3. The Hall–Kier alpha value is -0.610. The monoisotopic (exact) mass is 191 g/mol. The minimum Gasteiger partial charge on any atom is -0.394 e. The molecule has 1 atom stereocenters. The fraction of sp³-hybridized carbons (Fsp3) is 0.889. The highest BCUT2D eigenvalue weighted by Crippen LogP contribution is 1.93. The van der Waals surface area contributed by atoms with Crippen LogP contribution >= 0.6 is 0 Å². The average Bonchev–Trinajstić information content (AvgIpc) is 2.25. The molecular weight excluding hydrogens is 170 g/mol. The van der Waals surface area contributed by atoms with E-state index < -0.39 is 0 Å². The summed E-state index contributed by atoms with van der Waals surface area (Å²) in [6.45, 7) is 8.47. The summed E-state index contributed by atoms with van der Waals surface area (Å²) < 4.78 is 4.88. The molecule has 1 rings (SSSR count). The number of rotatable bonds is 1. The highest BCUT2D eigenvalue weighted by Gasteiger charge is 2.16. The summed E-state index contributed by atoms with van der Waals surface area (Å²) in [5.74, 6) is -0.111. The molecule has 2 N–H and O–H groups in total. The van der Waals surface area contributed by atoms with Crippen LogP contribution in [-0.4, -0.2) is 36.9 Å². The third kappa shape index (κ3) is 7.74. The van der Waals surface area contributed by atoms with E-state index in [0.29, 0.717) is 6.54 Å². The zero-order valence-corrected chi connectivity index (χ0v) is 8.96. The molecule has 0 aromatic rings. The van der Waals surface area contributed by atoms with Crippen LogP contribution in [0.25, 0.3) is 0 Å². The minimum absolute atomic E-state index is 0.0275. The maximum Gasteiger partial charge on any atom is 0.246 e. The zero-order valence-electron chi connectivity index (χ0n) is 8.96. The molecule has 0 aromatic heterocycles. The van der Waals surface area contributed by atoms with E-state index in [4.69, 9.17) is 9.84 Å². The normalized spacial score (nSPS) is 20.1. The van der Waals surface area contributed by atoms with Crippen molar-refractivity contribution in [1.29, 1.82) is 0 Å². The van der Waals surface area contributed by atoms with E-state index in [1.54, 1.807) is 0 Å². The van der Waals surface area contributed by atoms with Crippen LogP contribution in [-0.2, 0) is 9.53 Å². The van der Waals surface area contributed by atoms with E-state index in [1.165, 1.54) is 0 Å². The number of aliphatic hydroxyl groups is 1. The number of ether oxygens (including phenoxy) is 1. The minimum atomic E-state index is -0.206. The molecule has 1 aliphatic heterocycles. The smallest absolute Gasteiger partial charge is 0.246 e. The van der Waals surface area contributed by atoms with Crippen LogP contribution in [0.5, 0.6) is 0 Å². The van der Waals surface area contributed by atoms with E-state index in [9.17, 15) is 4.79 Å². The van der Waals surface area contributed by atoms with Gasteiger partial charge >= 0.3 is 0 Å². The van der Waals surface area contributed by atoms with Crippen LogP contribution in [0.15, 0.2) is 0 Å². The van der Waals surface area contributed by atoms with Gasteiger partial charge in [-0.25, -0.2) is 0 Å². The van der Waals surface area contributed by atoms with Crippen LogP contribution in [0, 0.1) is 0 Å². The van der Waals surface area contributed by atoms with Crippen LogP contribution in [0.4, 0.5) is 0 Å². The van der Waals surface area contributed by atoms with E-state index in [0.717, 1.165) is 0 Å². The van der Waals surface area contributed by atoms with Crippen molar-refractivity contribution in [1.82, 2.24) is 5.32 Å². The SMILES string of the molecule is CC.CC.O=C1COC(CO)CN1. The van der Waals surface area contributed by atoms with Crippen LogP contribution in [0.1, 0.15) is 27.7 Å². The Morgan fingerprint density at radius 3 is 2.31 bits per heavy atom. The molecular formula is C9H21NO3. The van der Waals surface area contributed by atoms with Crippen molar-refractivity contribution >= 4 is 5.91 Å². The predicted molar refractivity (Wildman–Crippen MR) is 52.5 cm³/mol. The summed E-state index contributed by atoms with van der Waals surface area (Å²) in [5, 5.41) is 11.1. The lowest BCUT2D eigenvalue weighted by Gasteiger charge is -2.20. The molecule has 4 heteroatoms. The number of hydrogen-bond donors (Lipinski definition) is 2. The predicted octanol–water partition coefficient (Wildman–Crippen LogP) is 0.546. The second-order valence-electron chi connectivity index (χ2n) is 1.92. The number of hydrogen-bond acceptors (Lipinski definition) is 3. The first kappa shape index (κ1) is 14.9. The summed E-state index contributed by atoms with van der Waals surface area (Å²) in [4.78, 5) is 10.4. The second-order valence-corrected chi connectivity index (χ2v) is 1.92. The van der Waals surface area contributed by atoms with Crippen LogP contribution < -0.4 is 5.32 Å². The van der Waals surface area contributed by atoms with E-state index in [1.807, 2.05) is 27.7 Å². The third-order valence-corrected chi connectivity index (χ3v) is 1.18. The molecule has 4 nitrogen and oxygen atoms in total. The van der Waals surface area contributed by atoms with Gasteiger partial charge in [0.15, 0.2) is 0 Å². The van der Waals surface area contributed by atoms with Gasteiger partial charge < -0.3 is 15.2 Å². The topological polar surface area (TPSA) is 58.6 Å². The largest absolute Gasteiger partial charge is 0.394 e. The first-order valence-corrected chi connectivity index (χ1v) is 4.82. The summed E-state index contributed by atoms with van der Waals surface area (Å²) in [6.07, 6.45) is -0.206. The van der Waals surface area contributed by atoms with Gasteiger partial charge in [0, 0.05) is 6.54 Å². The van der Waals surface area contributed by atoms with Crippen LogP contribution in [0.2, 0.25) is 0 Å². The summed E-state index contributed by atoms with van der Waals surface area (Å²) in [6, 6.07) is 0. The van der Waals surface area contributed by atoms with Gasteiger partial charge in [0.2, 0.25) is 5.91 Å². The molecule has 1 saturated heterocycles. The molecule has 1 heterocycles. The van der Waals surface area contributed by atoms with Crippen molar-refractivity contribution in [3.63, 3.8) is 0 Å². The molecule has 0 bridgehead atoms. The Balaban J connectivity index is 0. The number of morpholine rings is 1. The maximum absolute atomic E-state index is 10.4. The fourth-order valence-electron chi connectivity index (χ4n) is 0.648. The van der Waals surface area contributed by atoms with Crippen molar-refractivity contribution < 1.29 is 14.6 Å². The average molecular weight is 191 g/mol. The molecule has 13 heavy (non-hydrogen) atoms. The van der Waals surface area contributed by atoms with Gasteiger partial charge in [-0.3, -0.25) is 4.79 Å². The molecule has 0 aromatic carbocycles. The molecule has 80 valence electrons. The highest BCUT2D eigenvalue weighted by molar-refractivity contribution is 5.77. The lowest BCUT2D eigenvalue weighted by molar-refractivity contribution is -0.134. The van der Waals surface area contributed by atoms with Crippen molar-refractivity contribution in [3.8, 4) is 0 Å². The number of carbonyl (C=O) groups is 1. The van der Waals surface area contributed by atoms with Gasteiger partial charge in [-0.15, -0.1) is 0 Å².